The molecule has 0 bridgehead atoms. The van der Waals surface area contributed by atoms with Gasteiger partial charge in [-0.3, -0.25) is 4.79 Å². The molecule has 0 saturated carbocycles. The van der Waals surface area contributed by atoms with E-state index in [0.717, 1.165) is 16.9 Å². The minimum atomic E-state index is -0.795. The Labute approximate surface area is 96.1 Å². The Morgan fingerprint density at radius 2 is 2.06 bits per heavy atom. The zero-order chi connectivity index (χ0) is 12.3. The Balaban J connectivity index is 3.04. The van der Waals surface area contributed by atoms with Gasteiger partial charge < -0.3 is 9.84 Å². The van der Waals surface area contributed by atoms with Crippen molar-refractivity contribution in [3.63, 3.8) is 0 Å². The van der Waals surface area contributed by atoms with Gasteiger partial charge in [-0.25, -0.2) is 0 Å². The fourth-order valence-corrected chi connectivity index (χ4v) is 1.60. The molecule has 1 rings (SSSR count). The zero-order valence-corrected chi connectivity index (χ0v) is 10.2. The molecular formula is C13H18O3. The van der Waals surface area contributed by atoms with Crippen molar-refractivity contribution < 1.29 is 14.6 Å². The van der Waals surface area contributed by atoms with Crippen molar-refractivity contribution in [3.05, 3.63) is 29.3 Å². The molecule has 0 aliphatic carbocycles. The molecule has 0 amide bonds. The van der Waals surface area contributed by atoms with E-state index < -0.39 is 11.4 Å². The first-order valence-electron chi connectivity index (χ1n) is 5.24. The molecule has 0 unspecified atom stereocenters. The van der Waals surface area contributed by atoms with Crippen LogP contribution in [-0.4, -0.2) is 18.2 Å². The highest BCUT2D eigenvalue weighted by atomic mass is 16.5. The number of hydrogen-bond donors (Lipinski definition) is 1. The number of aliphatic carboxylic acids is 1. The van der Waals surface area contributed by atoms with Crippen LogP contribution >= 0.6 is 0 Å². The average Bonchev–Trinajstić information content (AvgIpc) is 2.17. The van der Waals surface area contributed by atoms with Crippen molar-refractivity contribution in [1.29, 1.82) is 0 Å². The fraction of sp³-hybridized carbons (Fsp3) is 0.462. The third-order valence-electron chi connectivity index (χ3n) is 2.65. The summed E-state index contributed by atoms with van der Waals surface area (Å²) in [5, 5.41) is 9.09. The quantitative estimate of drug-likeness (QED) is 0.851. The van der Waals surface area contributed by atoms with Crippen LogP contribution in [0.2, 0.25) is 0 Å². The monoisotopic (exact) mass is 222 g/mol. The molecule has 0 atom stereocenters. The number of carbonyl (C=O) groups is 1. The summed E-state index contributed by atoms with van der Waals surface area (Å²) in [5.41, 5.74) is 1.27. The van der Waals surface area contributed by atoms with Gasteiger partial charge in [0, 0.05) is 0 Å². The molecule has 1 aromatic carbocycles. The Bertz CT molecular complexity index is 394. The molecule has 0 heterocycles. The van der Waals surface area contributed by atoms with E-state index in [0.29, 0.717) is 6.42 Å². The van der Waals surface area contributed by atoms with E-state index in [4.69, 9.17) is 9.84 Å². The highest BCUT2D eigenvalue weighted by molar-refractivity contribution is 5.74. The summed E-state index contributed by atoms with van der Waals surface area (Å²) >= 11 is 0. The number of hydrogen-bond acceptors (Lipinski definition) is 2. The molecule has 0 aromatic heterocycles. The topological polar surface area (TPSA) is 46.5 Å². The van der Waals surface area contributed by atoms with Crippen LogP contribution in [0.3, 0.4) is 0 Å². The molecule has 1 N–H and O–H groups in total. The zero-order valence-electron chi connectivity index (χ0n) is 10.2. The van der Waals surface area contributed by atoms with Gasteiger partial charge in [0.1, 0.15) is 5.75 Å². The molecule has 0 spiro atoms. The van der Waals surface area contributed by atoms with E-state index in [-0.39, 0.29) is 0 Å². The van der Waals surface area contributed by atoms with E-state index in [2.05, 4.69) is 0 Å². The Kier molecular flexibility index (Phi) is 3.58. The minimum absolute atomic E-state index is 0.465. The normalized spacial score (nSPS) is 11.2. The van der Waals surface area contributed by atoms with Gasteiger partial charge in [-0.05, 0) is 38.8 Å². The van der Waals surface area contributed by atoms with Crippen molar-refractivity contribution in [2.45, 2.75) is 27.2 Å². The third kappa shape index (κ3) is 2.75. The Morgan fingerprint density at radius 3 is 2.56 bits per heavy atom. The predicted octanol–water partition coefficient (Wildman–Crippen LogP) is 2.66. The van der Waals surface area contributed by atoms with Crippen LogP contribution in [0, 0.1) is 12.3 Å². The predicted molar refractivity (Wildman–Crippen MR) is 62.9 cm³/mol. The summed E-state index contributed by atoms with van der Waals surface area (Å²) < 4.78 is 5.23. The maximum atomic E-state index is 11.1. The molecule has 3 nitrogen and oxygen atoms in total. The molecular weight excluding hydrogens is 204 g/mol. The summed E-state index contributed by atoms with van der Waals surface area (Å²) in [5.74, 6) is -0.0454. The molecule has 0 aliphatic rings. The van der Waals surface area contributed by atoms with Gasteiger partial charge in [0.2, 0.25) is 0 Å². The van der Waals surface area contributed by atoms with E-state index in [9.17, 15) is 4.79 Å². The largest absolute Gasteiger partial charge is 0.496 e. The summed E-state index contributed by atoms with van der Waals surface area (Å²) in [4.78, 5) is 11.1. The first-order valence-corrected chi connectivity index (χ1v) is 5.24. The van der Waals surface area contributed by atoms with E-state index in [1.807, 2.05) is 25.1 Å². The van der Waals surface area contributed by atoms with Crippen LogP contribution in [0.25, 0.3) is 0 Å². The Hall–Kier alpha value is -1.51. The lowest BCUT2D eigenvalue weighted by Gasteiger charge is -2.20. The number of methoxy groups -OCH3 is 1. The number of carboxylic acids is 1. The molecule has 16 heavy (non-hydrogen) atoms. The van der Waals surface area contributed by atoms with Crippen molar-refractivity contribution in [2.24, 2.45) is 5.41 Å². The number of rotatable bonds is 4. The Morgan fingerprint density at radius 1 is 1.44 bits per heavy atom. The van der Waals surface area contributed by atoms with E-state index in [1.54, 1.807) is 21.0 Å². The fourth-order valence-electron chi connectivity index (χ4n) is 1.60. The SMILES string of the molecule is COc1ccc(C)cc1CC(C)(C)C(=O)O. The van der Waals surface area contributed by atoms with Gasteiger partial charge in [-0.2, -0.15) is 0 Å². The van der Waals surface area contributed by atoms with E-state index in [1.165, 1.54) is 0 Å². The van der Waals surface area contributed by atoms with Crippen LogP contribution < -0.4 is 4.74 Å². The highest BCUT2D eigenvalue weighted by Crippen LogP contribution is 2.28. The van der Waals surface area contributed by atoms with Crippen LogP contribution in [0.5, 0.6) is 5.75 Å². The third-order valence-corrected chi connectivity index (χ3v) is 2.65. The number of benzene rings is 1. The van der Waals surface area contributed by atoms with Crippen molar-refractivity contribution >= 4 is 5.97 Å². The van der Waals surface area contributed by atoms with Gasteiger partial charge in [-0.15, -0.1) is 0 Å². The summed E-state index contributed by atoms with van der Waals surface area (Å²) in [7, 11) is 1.60. The maximum Gasteiger partial charge on any atom is 0.309 e. The summed E-state index contributed by atoms with van der Waals surface area (Å²) in [6.45, 7) is 5.42. The van der Waals surface area contributed by atoms with Gasteiger partial charge in [0.05, 0.1) is 12.5 Å². The lowest BCUT2D eigenvalue weighted by molar-refractivity contribution is -0.146. The smallest absolute Gasteiger partial charge is 0.309 e. The van der Waals surface area contributed by atoms with E-state index >= 15 is 0 Å². The number of ether oxygens (including phenoxy) is 1. The molecule has 0 fully saturated rings. The van der Waals surface area contributed by atoms with Crippen molar-refractivity contribution in [1.82, 2.24) is 0 Å². The molecule has 0 radical (unpaired) electrons. The first-order chi connectivity index (χ1) is 7.36. The van der Waals surface area contributed by atoms with Crippen molar-refractivity contribution in [3.8, 4) is 5.75 Å². The molecule has 3 heteroatoms. The van der Waals surface area contributed by atoms with Crippen LogP contribution in [0.4, 0.5) is 0 Å². The number of aryl methyl sites for hydroxylation is 1. The van der Waals surface area contributed by atoms with Gasteiger partial charge in [0.25, 0.3) is 0 Å². The van der Waals surface area contributed by atoms with Crippen molar-refractivity contribution in [2.75, 3.05) is 7.11 Å². The summed E-state index contributed by atoms with van der Waals surface area (Å²) in [6.07, 6.45) is 0.465. The standard InChI is InChI=1S/C13H18O3/c1-9-5-6-11(16-4)10(7-9)8-13(2,3)12(14)15/h5-7H,8H2,1-4H3,(H,14,15). The van der Waals surface area contributed by atoms with Gasteiger partial charge in [-0.1, -0.05) is 17.7 Å². The summed E-state index contributed by atoms with van der Waals surface area (Å²) in [6, 6.07) is 5.81. The molecule has 0 saturated heterocycles. The maximum absolute atomic E-state index is 11.1. The second kappa shape index (κ2) is 4.56. The second-order valence-electron chi connectivity index (χ2n) is 4.68. The average molecular weight is 222 g/mol. The second-order valence-corrected chi connectivity index (χ2v) is 4.68. The first kappa shape index (κ1) is 12.6. The lowest BCUT2D eigenvalue weighted by Crippen LogP contribution is -2.26. The molecule has 1 aromatic rings. The van der Waals surface area contributed by atoms with Crippen LogP contribution in [-0.2, 0) is 11.2 Å². The molecule has 0 aliphatic heterocycles. The number of carboxylic acid groups (broad SMARTS) is 1. The molecule has 88 valence electrons. The van der Waals surface area contributed by atoms with Crippen LogP contribution in [0.15, 0.2) is 18.2 Å². The van der Waals surface area contributed by atoms with Gasteiger partial charge >= 0.3 is 5.97 Å². The van der Waals surface area contributed by atoms with Gasteiger partial charge in [0.15, 0.2) is 0 Å². The lowest BCUT2D eigenvalue weighted by atomic mass is 9.85. The highest BCUT2D eigenvalue weighted by Gasteiger charge is 2.28. The van der Waals surface area contributed by atoms with Crippen LogP contribution in [0.1, 0.15) is 25.0 Å². The minimum Gasteiger partial charge on any atom is -0.496 e.